The van der Waals surface area contributed by atoms with Crippen LogP contribution in [-0.4, -0.2) is 31.6 Å². The Balaban J connectivity index is 2.12. The maximum absolute atomic E-state index is 12.5. The first-order valence-corrected chi connectivity index (χ1v) is 7.77. The van der Waals surface area contributed by atoms with Gasteiger partial charge in [0.05, 0.1) is 24.6 Å². The minimum absolute atomic E-state index is 0.116. The molecule has 3 rings (SSSR count). The SMILES string of the molecule is COc1ccc(N2C(=O)c3cc([NH+]([O-])O)cnc3S2(=O)=O)cc1. The molecule has 1 aromatic carbocycles. The summed E-state index contributed by atoms with van der Waals surface area (Å²) in [6, 6.07) is 6.86. The molecule has 0 bridgehead atoms. The van der Waals surface area contributed by atoms with Crippen molar-refractivity contribution in [3.05, 3.63) is 47.3 Å². The van der Waals surface area contributed by atoms with E-state index >= 15 is 0 Å². The Morgan fingerprint density at radius 3 is 2.52 bits per heavy atom. The summed E-state index contributed by atoms with van der Waals surface area (Å²) in [6.07, 6.45) is 0.906. The highest BCUT2D eigenvalue weighted by molar-refractivity contribution is 7.94. The highest BCUT2D eigenvalue weighted by atomic mass is 32.2. The molecule has 0 saturated heterocycles. The first-order valence-electron chi connectivity index (χ1n) is 6.33. The number of pyridine rings is 1. The summed E-state index contributed by atoms with van der Waals surface area (Å²) >= 11 is 0. The second-order valence-corrected chi connectivity index (χ2v) is 6.36. The number of nitrogens with one attached hydrogen (secondary N) is 1. The predicted molar refractivity (Wildman–Crippen MR) is 77.0 cm³/mol. The van der Waals surface area contributed by atoms with Crippen LogP contribution in [0.15, 0.2) is 41.6 Å². The van der Waals surface area contributed by atoms with E-state index in [2.05, 4.69) is 4.98 Å². The zero-order valence-corrected chi connectivity index (χ0v) is 12.6. The van der Waals surface area contributed by atoms with Crippen molar-refractivity contribution in [2.24, 2.45) is 0 Å². The van der Waals surface area contributed by atoms with Gasteiger partial charge in [0.15, 0.2) is 10.7 Å². The molecule has 0 fully saturated rings. The Morgan fingerprint density at radius 2 is 1.96 bits per heavy atom. The lowest BCUT2D eigenvalue weighted by Gasteiger charge is -2.14. The van der Waals surface area contributed by atoms with Gasteiger partial charge in [0.25, 0.3) is 15.9 Å². The number of carbonyl (C=O) groups excluding carboxylic acids is 1. The molecule has 10 heteroatoms. The molecule has 1 unspecified atom stereocenters. The second kappa shape index (κ2) is 5.28. The van der Waals surface area contributed by atoms with Crippen molar-refractivity contribution in [1.82, 2.24) is 4.98 Å². The molecule has 2 heterocycles. The molecule has 0 radical (unpaired) electrons. The van der Waals surface area contributed by atoms with Crippen molar-refractivity contribution in [3.8, 4) is 5.75 Å². The van der Waals surface area contributed by atoms with Gasteiger partial charge in [-0.3, -0.25) is 4.79 Å². The Bertz CT molecular complexity index is 879. The van der Waals surface area contributed by atoms with E-state index in [1.54, 1.807) is 0 Å². The van der Waals surface area contributed by atoms with Crippen LogP contribution in [0.25, 0.3) is 0 Å². The zero-order valence-electron chi connectivity index (χ0n) is 11.8. The average molecular weight is 337 g/mol. The maximum Gasteiger partial charge on any atom is 0.289 e. The molecule has 2 N–H and O–H groups in total. The number of ether oxygens (including phenoxy) is 1. The van der Waals surface area contributed by atoms with Crippen LogP contribution in [0.3, 0.4) is 0 Å². The molecule has 1 aliphatic rings. The van der Waals surface area contributed by atoms with Crippen molar-refractivity contribution in [2.45, 2.75) is 5.03 Å². The molecule has 1 amide bonds. The summed E-state index contributed by atoms with van der Waals surface area (Å²) in [6.45, 7) is 0. The van der Waals surface area contributed by atoms with E-state index in [-0.39, 0.29) is 16.9 Å². The molecule has 1 atom stereocenters. The van der Waals surface area contributed by atoms with Crippen LogP contribution in [0.4, 0.5) is 11.4 Å². The van der Waals surface area contributed by atoms with E-state index < -0.39 is 26.2 Å². The quantitative estimate of drug-likeness (QED) is 0.746. The van der Waals surface area contributed by atoms with Gasteiger partial charge in [-0.25, -0.2) is 10.2 Å². The number of aromatic nitrogens is 1. The van der Waals surface area contributed by atoms with Gasteiger partial charge in [0.2, 0.25) is 0 Å². The Hall–Kier alpha value is -2.53. The van der Waals surface area contributed by atoms with Crippen LogP contribution >= 0.6 is 0 Å². The van der Waals surface area contributed by atoms with Gasteiger partial charge < -0.3 is 9.94 Å². The summed E-state index contributed by atoms with van der Waals surface area (Å²) in [5.41, 5.74) is -0.407. The fraction of sp³-hybridized carbons (Fsp3) is 0.0769. The molecule has 1 aliphatic heterocycles. The molecular formula is C13H11N3O6S. The van der Waals surface area contributed by atoms with Gasteiger partial charge in [-0.1, -0.05) is 0 Å². The van der Waals surface area contributed by atoms with Crippen molar-refractivity contribution < 1.29 is 28.4 Å². The van der Waals surface area contributed by atoms with Crippen LogP contribution in [0.2, 0.25) is 0 Å². The molecule has 0 aliphatic carbocycles. The fourth-order valence-electron chi connectivity index (χ4n) is 2.21. The van der Waals surface area contributed by atoms with E-state index in [9.17, 15) is 18.4 Å². The van der Waals surface area contributed by atoms with E-state index in [0.717, 1.165) is 12.3 Å². The number of sulfonamides is 1. The number of amides is 1. The van der Waals surface area contributed by atoms with Gasteiger partial charge in [-0.05, 0) is 24.3 Å². The molecular weight excluding hydrogens is 326 g/mol. The summed E-state index contributed by atoms with van der Waals surface area (Å²) in [4.78, 5) is 16.1. The molecule has 1 aromatic heterocycles. The van der Waals surface area contributed by atoms with E-state index in [4.69, 9.17) is 9.94 Å². The maximum atomic E-state index is 12.5. The molecule has 120 valence electrons. The number of rotatable bonds is 3. The van der Waals surface area contributed by atoms with Gasteiger partial charge in [-0.2, -0.15) is 17.9 Å². The third-order valence-electron chi connectivity index (χ3n) is 3.30. The normalized spacial score (nSPS) is 17.0. The van der Waals surface area contributed by atoms with Crippen LogP contribution in [0.1, 0.15) is 10.4 Å². The third-order valence-corrected chi connectivity index (χ3v) is 4.98. The van der Waals surface area contributed by atoms with Gasteiger partial charge >= 0.3 is 0 Å². The number of quaternary nitrogens is 1. The molecule has 2 aromatic rings. The number of benzene rings is 1. The number of hydrogen-bond acceptors (Lipinski definition) is 7. The van der Waals surface area contributed by atoms with Crippen LogP contribution < -0.4 is 14.3 Å². The largest absolute Gasteiger partial charge is 0.595 e. The predicted octanol–water partition coefficient (Wildman–Crippen LogP) is -0.157. The molecule has 9 nitrogen and oxygen atoms in total. The summed E-state index contributed by atoms with van der Waals surface area (Å²) in [5, 5.41) is 18.2. The number of hydrogen-bond donors (Lipinski definition) is 2. The first kappa shape index (κ1) is 15.4. The zero-order chi connectivity index (χ0) is 16.8. The third kappa shape index (κ3) is 2.33. The molecule has 23 heavy (non-hydrogen) atoms. The summed E-state index contributed by atoms with van der Waals surface area (Å²) in [5.74, 6) is -0.345. The smallest absolute Gasteiger partial charge is 0.289 e. The Kier molecular flexibility index (Phi) is 3.53. The van der Waals surface area contributed by atoms with Crippen molar-refractivity contribution in [1.29, 1.82) is 0 Å². The van der Waals surface area contributed by atoms with Gasteiger partial charge in [0.1, 0.15) is 5.75 Å². The fourth-order valence-corrected chi connectivity index (χ4v) is 3.71. The van der Waals surface area contributed by atoms with E-state index in [1.807, 2.05) is 0 Å². The minimum Gasteiger partial charge on any atom is -0.595 e. The van der Waals surface area contributed by atoms with Crippen molar-refractivity contribution in [2.75, 3.05) is 11.4 Å². The lowest BCUT2D eigenvalue weighted by molar-refractivity contribution is -0.991. The van der Waals surface area contributed by atoms with Gasteiger partial charge in [0, 0.05) is 6.07 Å². The van der Waals surface area contributed by atoms with E-state index in [1.165, 1.54) is 31.4 Å². The lowest BCUT2D eigenvalue weighted by atomic mass is 10.2. The summed E-state index contributed by atoms with van der Waals surface area (Å²) < 4.78 is 30.6. The standard InChI is InChI=1S/C13H11N3O6S/c1-22-10-4-2-8(3-5-10)15-13(17)11-6-9(16(18)19)7-14-12(11)23(15,20)21/h2-7,16,18H,1H3. The summed E-state index contributed by atoms with van der Waals surface area (Å²) in [7, 11) is -2.71. The number of nitrogens with zero attached hydrogens (tertiary/aromatic N) is 2. The monoisotopic (exact) mass is 337 g/mol. The Morgan fingerprint density at radius 1 is 1.30 bits per heavy atom. The second-order valence-electron chi connectivity index (χ2n) is 4.65. The number of anilines is 1. The Labute approximate surface area is 130 Å². The minimum atomic E-state index is -4.17. The number of fused-ring (bicyclic) bond motifs is 1. The van der Waals surface area contributed by atoms with Crippen molar-refractivity contribution in [3.63, 3.8) is 0 Å². The average Bonchev–Trinajstić information content (AvgIpc) is 2.74. The first-order chi connectivity index (χ1) is 10.9. The molecule has 0 spiro atoms. The van der Waals surface area contributed by atoms with E-state index in [0.29, 0.717) is 10.1 Å². The lowest BCUT2D eigenvalue weighted by Crippen LogP contribution is -2.99. The van der Waals surface area contributed by atoms with Gasteiger partial charge in [-0.15, -0.1) is 0 Å². The topological polar surface area (TPSA) is 124 Å². The number of carbonyl (C=O) groups is 1. The molecule has 0 saturated carbocycles. The highest BCUT2D eigenvalue weighted by Gasteiger charge is 2.44. The highest BCUT2D eigenvalue weighted by Crippen LogP contribution is 2.34. The number of methoxy groups -OCH3 is 1. The van der Waals surface area contributed by atoms with Crippen LogP contribution in [0, 0.1) is 5.21 Å². The van der Waals surface area contributed by atoms with Crippen molar-refractivity contribution >= 4 is 27.3 Å². The van der Waals surface area contributed by atoms with Crippen LogP contribution in [-0.2, 0) is 10.0 Å². The van der Waals surface area contributed by atoms with Crippen LogP contribution in [0.5, 0.6) is 5.75 Å².